The smallest absolute Gasteiger partial charge is 0.272 e. The van der Waals surface area contributed by atoms with Gasteiger partial charge < -0.3 is 14.4 Å². The molecule has 4 rings (SSSR count). The number of hydrogen-bond acceptors (Lipinski definition) is 7. The van der Waals surface area contributed by atoms with E-state index in [0.717, 1.165) is 23.4 Å². The zero-order chi connectivity index (χ0) is 19.5. The van der Waals surface area contributed by atoms with E-state index in [1.165, 1.54) is 7.11 Å². The maximum Gasteiger partial charge on any atom is 0.272 e. The van der Waals surface area contributed by atoms with Crippen LogP contribution < -0.4 is 9.47 Å². The van der Waals surface area contributed by atoms with Crippen LogP contribution in [0.25, 0.3) is 10.6 Å². The molecule has 0 bridgehead atoms. The number of aryl methyl sites for hydroxylation is 1. The summed E-state index contributed by atoms with van der Waals surface area (Å²) in [6, 6.07) is 9.26. The van der Waals surface area contributed by atoms with Gasteiger partial charge in [0.25, 0.3) is 5.91 Å². The molecule has 3 aromatic rings. The van der Waals surface area contributed by atoms with Crippen molar-refractivity contribution in [2.24, 2.45) is 7.05 Å². The molecule has 28 heavy (non-hydrogen) atoms. The van der Waals surface area contributed by atoms with Crippen LogP contribution in [0.4, 0.5) is 0 Å². The predicted molar refractivity (Wildman–Crippen MR) is 105 cm³/mol. The van der Waals surface area contributed by atoms with Gasteiger partial charge in [0, 0.05) is 25.7 Å². The highest BCUT2D eigenvalue weighted by atomic mass is 32.1. The zero-order valence-corrected chi connectivity index (χ0v) is 16.6. The molecule has 1 fully saturated rings. The van der Waals surface area contributed by atoms with Crippen LogP contribution in [0, 0.1) is 0 Å². The molecular formula is C19H21N5O3S. The Morgan fingerprint density at radius 1 is 1.25 bits per heavy atom. The SMILES string of the molecule is COc1ccc(OC2CCCN(C(=O)c3cc(-c4cccs4)nn3C)C2)nn1. The first-order chi connectivity index (χ1) is 13.6. The standard InChI is InChI=1S/C19H21N5O3S/c1-23-15(11-14(22-23)16-6-4-10-28-16)19(25)24-9-3-5-13(12-24)27-18-8-7-17(26-2)20-21-18/h4,6-8,10-11,13H,3,5,9,12H2,1-2H3. The average Bonchev–Trinajstić information content (AvgIpc) is 3.38. The first-order valence-corrected chi connectivity index (χ1v) is 9.93. The van der Waals surface area contributed by atoms with E-state index in [1.807, 2.05) is 28.5 Å². The van der Waals surface area contributed by atoms with Gasteiger partial charge in [-0.15, -0.1) is 21.5 Å². The first kappa shape index (κ1) is 18.4. The molecule has 9 heteroatoms. The number of ether oxygens (including phenoxy) is 2. The van der Waals surface area contributed by atoms with Gasteiger partial charge in [-0.3, -0.25) is 9.48 Å². The number of rotatable bonds is 5. The third-order valence-electron chi connectivity index (χ3n) is 4.65. The van der Waals surface area contributed by atoms with E-state index >= 15 is 0 Å². The maximum atomic E-state index is 13.1. The largest absolute Gasteiger partial charge is 0.480 e. The fourth-order valence-corrected chi connectivity index (χ4v) is 3.92. The van der Waals surface area contributed by atoms with Crippen LogP contribution in [0.3, 0.4) is 0 Å². The highest BCUT2D eigenvalue weighted by Gasteiger charge is 2.28. The van der Waals surface area contributed by atoms with Crippen molar-refractivity contribution < 1.29 is 14.3 Å². The maximum absolute atomic E-state index is 13.1. The summed E-state index contributed by atoms with van der Waals surface area (Å²) < 4.78 is 12.6. The van der Waals surface area contributed by atoms with Gasteiger partial charge in [0.05, 0.1) is 18.5 Å². The fourth-order valence-electron chi connectivity index (χ4n) is 3.24. The predicted octanol–water partition coefficient (Wildman–Crippen LogP) is 2.63. The third kappa shape index (κ3) is 3.84. The molecule has 1 aliphatic heterocycles. The Balaban J connectivity index is 1.44. The lowest BCUT2D eigenvalue weighted by atomic mass is 10.1. The van der Waals surface area contributed by atoms with Crippen LogP contribution >= 0.6 is 11.3 Å². The molecule has 0 saturated carbocycles. The van der Waals surface area contributed by atoms with Crippen molar-refractivity contribution >= 4 is 17.2 Å². The van der Waals surface area contributed by atoms with E-state index in [-0.39, 0.29) is 12.0 Å². The van der Waals surface area contributed by atoms with Gasteiger partial charge in [0.1, 0.15) is 17.5 Å². The number of methoxy groups -OCH3 is 1. The minimum atomic E-state index is -0.120. The van der Waals surface area contributed by atoms with Crippen molar-refractivity contribution in [2.75, 3.05) is 20.2 Å². The summed E-state index contributed by atoms with van der Waals surface area (Å²) in [6.45, 7) is 1.21. The molecule has 1 unspecified atom stereocenters. The summed E-state index contributed by atoms with van der Waals surface area (Å²) in [6.07, 6.45) is 1.62. The minimum absolute atomic E-state index is 0.0353. The quantitative estimate of drug-likeness (QED) is 0.656. The molecule has 8 nitrogen and oxygen atoms in total. The lowest BCUT2D eigenvalue weighted by Gasteiger charge is -2.32. The van der Waals surface area contributed by atoms with Gasteiger partial charge in [-0.1, -0.05) is 6.07 Å². The molecule has 1 amide bonds. The van der Waals surface area contributed by atoms with Gasteiger partial charge in [0.15, 0.2) is 0 Å². The van der Waals surface area contributed by atoms with Crippen LogP contribution in [-0.4, -0.2) is 57.1 Å². The molecule has 0 aromatic carbocycles. The molecule has 0 N–H and O–H groups in total. The lowest BCUT2D eigenvalue weighted by molar-refractivity contribution is 0.0515. The Kier molecular flexibility index (Phi) is 5.25. The number of piperidine rings is 1. The summed E-state index contributed by atoms with van der Waals surface area (Å²) in [7, 11) is 3.34. The Morgan fingerprint density at radius 2 is 2.07 bits per heavy atom. The second-order valence-corrected chi connectivity index (χ2v) is 7.51. The van der Waals surface area contributed by atoms with Gasteiger partial charge in [-0.2, -0.15) is 5.10 Å². The average molecular weight is 399 g/mol. The third-order valence-corrected chi connectivity index (χ3v) is 5.54. The normalized spacial score (nSPS) is 16.8. The number of carbonyl (C=O) groups excluding carboxylic acids is 1. The molecule has 0 aliphatic carbocycles. The summed E-state index contributed by atoms with van der Waals surface area (Å²) in [4.78, 5) is 15.9. The van der Waals surface area contributed by atoms with Gasteiger partial charge in [-0.05, 0) is 30.4 Å². The zero-order valence-electron chi connectivity index (χ0n) is 15.7. The van der Waals surface area contributed by atoms with Crippen molar-refractivity contribution in [2.45, 2.75) is 18.9 Å². The molecule has 146 valence electrons. The van der Waals surface area contributed by atoms with Gasteiger partial charge in [0.2, 0.25) is 11.8 Å². The molecule has 0 spiro atoms. The highest BCUT2D eigenvalue weighted by Crippen LogP contribution is 2.25. The Morgan fingerprint density at radius 3 is 2.79 bits per heavy atom. The highest BCUT2D eigenvalue weighted by molar-refractivity contribution is 7.13. The van der Waals surface area contributed by atoms with E-state index in [9.17, 15) is 4.79 Å². The first-order valence-electron chi connectivity index (χ1n) is 9.05. The molecule has 4 heterocycles. The summed E-state index contributed by atoms with van der Waals surface area (Å²) in [5.74, 6) is 0.832. The van der Waals surface area contributed by atoms with Gasteiger partial charge >= 0.3 is 0 Å². The molecule has 1 aliphatic rings. The topological polar surface area (TPSA) is 82.4 Å². The number of aromatic nitrogens is 4. The Labute approximate surface area is 166 Å². The van der Waals surface area contributed by atoms with Crippen LogP contribution in [0.2, 0.25) is 0 Å². The second kappa shape index (κ2) is 7.97. The Bertz CT molecular complexity index is 939. The number of hydrogen-bond donors (Lipinski definition) is 0. The number of likely N-dealkylation sites (tertiary alicyclic amines) is 1. The van der Waals surface area contributed by atoms with Crippen molar-refractivity contribution in [3.05, 3.63) is 41.4 Å². The summed E-state index contributed by atoms with van der Waals surface area (Å²) in [5, 5.41) is 14.4. The van der Waals surface area contributed by atoms with E-state index in [1.54, 1.807) is 35.2 Å². The van der Waals surface area contributed by atoms with Crippen molar-refractivity contribution in [3.63, 3.8) is 0 Å². The van der Waals surface area contributed by atoms with Gasteiger partial charge in [-0.25, -0.2) is 0 Å². The van der Waals surface area contributed by atoms with Crippen LogP contribution in [-0.2, 0) is 7.05 Å². The van der Waals surface area contributed by atoms with Crippen molar-refractivity contribution in [3.8, 4) is 22.3 Å². The number of carbonyl (C=O) groups is 1. The van der Waals surface area contributed by atoms with Crippen molar-refractivity contribution in [1.82, 2.24) is 24.9 Å². The monoisotopic (exact) mass is 399 g/mol. The summed E-state index contributed by atoms with van der Waals surface area (Å²) >= 11 is 1.61. The molecule has 1 saturated heterocycles. The van der Waals surface area contributed by atoms with E-state index < -0.39 is 0 Å². The molecule has 0 radical (unpaired) electrons. The van der Waals surface area contributed by atoms with Crippen LogP contribution in [0.15, 0.2) is 35.7 Å². The number of amides is 1. The van der Waals surface area contributed by atoms with E-state index in [2.05, 4.69) is 15.3 Å². The molecular weight excluding hydrogens is 378 g/mol. The van der Waals surface area contributed by atoms with E-state index in [0.29, 0.717) is 30.5 Å². The summed E-state index contributed by atoms with van der Waals surface area (Å²) in [5.41, 5.74) is 1.40. The molecule has 3 aromatic heterocycles. The van der Waals surface area contributed by atoms with Crippen LogP contribution in [0.1, 0.15) is 23.3 Å². The number of nitrogens with zero attached hydrogens (tertiary/aromatic N) is 5. The lowest BCUT2D eigenvalue weighted by Crippen LogP contribution is -2.45. The van der Waals surface area contributed by atoms with Crippen molar-refractivity contribution in [1.29, 1.82) is 0 Å². The number of thiophene rings is 1. The molecule has 1 atom stereocenters. The van der Waals surface area contributed by atoms with E-state index in [4.69, 9.17) is 9.47 Å². The Hall–Kier alpha value is -2.94. The fraction of sp³-hybridized carbons (Fsp3) is 0.368. The van der Waals surface area contributed by atoms with Crippen LogP contribution in [0.5, 0.6) is 11.8 Å². The second-order valence-electron chi connectivity index (χ2n) is 6.56. The minimum Gasteiger partial charge on any atom is -0.480 e.